The summed E-state index contributed by atoms with van der Waals surface area (Å²) in [5, 5.41) is 2.85. The van der Waals surface area contributed by atoms with Gasteiger partial charge in [0.2, 0.25) is 0 Å². The zero-order chi connectivity index (χ0) is 27.7. The van der Waals surface area contributed by atoms with Gasteiger partial charge < -0.3 is 19.9 Å². The number of morpholine rings is 1. The van der Waals surface area contributed by atoms with E-state index in [2.05, 4.69) is 10.2 Å². The first kappa shape index (κ1) is 26.0. The molecule has 9 unspecified atom stereocenters. The molecule has 0 radical (unpaired) electrons. The fourth-order valence-electron chi connectivity index (χ4n) is 8.05. The summed E-state index contributed by atoms with van der Waals surface area (Å²) < 4.78 is 36.4. The average molecular weight is 554 g/mol. The van der Waals surface area contributed by atoms with E-state index >= 15 is 4.39 Å². The van der Waals surface area contributed by atoms with Crippen LogP contribution in [-0.2, 0) is 14.3 Å². The number of benzene rings is 1. The van der Waals surface area contributed by atoms with Gasteiger partial charge in [-0.1, -0.05) is 24.3 Å². The van der Waals surface area contributed by atoms with Gasteiger partial charge in [0.15, 0.2) is 23.5 Å². The number of Topliss-reactive ketones (excluding diaryl/α,β-unsaturated/α-hetero) is 3. The predicted octanol–water partition coefficient (Wildman–Crippen LogP) is 2.27. The van der Waals surface area contributed by atoms with Crippen molar-refractivity contribution >= 4 is 23.3 Å². The minimum absolute atomic E-state index is 0.0647. The van der Waals surface area contributed by atoms with Gasteiger partial charge in [-0.05, 0) is 45.2 Å². The molecule has 0 aromatic heterocycles. The van der Waals surface area contributed by atoms with E-state index in [0.717, 1.165) is 25.9 Å². The molecule has 9 atom stereocenters. The molecule has 0 spiro atoms. The largest absolute Gasteiger partial charge is 0.367 e. The quantitative estimate of drug-likeness (QED) is 0.572. The molecule has 2 saturated heterocycles. The van der Waals surface area contributed by atoms with Crippen LogP contribution in [0.15, 0.2) is 36.0 Å². The van der Waals surface area contributed by atoms with E-state index in [1.54, 1.807) is 24.3 Å². The lowest BCUT2D eigenvalue weighted by Crippen LogP contribution is -2.71. The second-order valence-electron chi connectivity index (χ2n) is 12.1. The van der Waals surface area contributed by atoms with Crippen LogP contribution in [0.4, 0.5) is 8.78 Å². The molecule has 1 aromatic carbocycles. The highest BCUT2D eigenvalue weighted by Gasteiger charge is 2.61. The van der Waals surface area contributed by atoms with Gasteiger partial charge in [-0.15, -0.1) is 0 Å². The van der Waals surface area contributed by atoms with Crippen molar-refractivity contribution in [2.24, 2.45) is 17.8 Å². The average Bonchev–Trinajstić information content (AvgIpc) is 3.48. The number of ether oxygens (including phenoxy) is 1. The summed E-state index contributed by atoms with van der Waals surface area (Å²) in [5.74, 6) is -3.37. The summed E-state index contributed by atoms with van der Waals surface area (Å²) in [7, 11) is 0. The fraction of sp³-hybridized carbons (Fsp3) is 0.600. The molecule has 3 heterocycles. The van der Waals surface area contributed by atoms with Gasteiger partial charge in [0.1, 0.15) is 12.3 Å². The number of likely N-dealkylation sites (tertiary alicyclic amines) is 1. The number of halogens is 2. The maximum atomic E-state index is 15.3. The van der Waals surface area contributed by atoms with Gasteiger partial charge in [0.05, 0.1) is 23.8 Å². The highest BCUT2D eigenvalue weighted by molar-refractivity contribution is 6.20. The van der Waals surface area contributed by atoms with E-state index in [4.69, 9.17) is 4.74 Å². The second-order valence-corrected chi connectivity index (χ2v) is 12.1. The number of carbonyl (C=O) groups excluding carboxylic acids is 4. The molecule has 4 fully saturated rings. The number of carbonyl (C=O) groups is 4. The first-order valence-electron chi connectivity index (χ1n) is 14.5. The molecule has 40 heavy (non-hydrogen) atoms. The van der Waals surface area contributed by atoms with Crippen LogP contribution >= 0.6 is 0 Å². The minimum atomic E-state index is -1.93. The van der Waals surface area contributed by atoms with Gasteiger partial charge in [0.25, 0.3) is 5.91 Å². The molecule has 1 aromatic rings. The van der Waals surface area contributed by atoms with Crippen LogP contribution in [0.2, 0.25) is 0 Å². The van der Waals surface area contributed by atoms with Crippen LogP contribution in [0, 0.1) is 17.8 Å². The van der Waals surface area contributed by atoms with Crippen molar-refractivity contribution in [2.45, 2.75) is 68.7 Å². The topological polar surface area (TPSA) is 96.0 Å². The first-order valence-corrected chi connectivity index (χ1v) is 14.5. The van der Waals surface area contributed by atoms with Crippen LogP contribution in [-0.4, -0.2) is 95.9 Å². The lowest BCUT2D eigenvalue weighted by Gasteiger charge is -2.59. The van der Waals surface area contributed by atoms with E-state index in [0.29, 0.717) is 24.2 Å². The van der Waals surface area contributed by atoms with E-state index in [1.807, 2.05) is 4.90 Å². The highest BCUT2D eigenvalue weighted by Crippen LogP contribution is 2.50. The molecule has 3 aliphatic carbocycles. The van der Waals surface area contributed by atoms with Gasteiger partial charge in [0, 0.05) is 48.2 Å². The Hall–Kier alpha value is -2.98. The van der Waals surface area contributed by atoms with Crippen molar-refractivity contribution in [2.75, 3.05) is 26.2 Å². The zero-order valence-electron chi connectivity index (χ0n) is 22.1. The molecular weight excluding hydrogens is 520 g/mol. The van der Waals surface area contributed by atoms with Gasteiger partial charge in [-0.3, -0.25) is 19.2 Å². The molecule has 0 bridgehead atoms. The Morgan fingerprint density at radius 3 is 2.30 bits per heavy atom. The number of amides is 1. The Morgan fingerprint density at radius 2 is 1.60 bits per heavy atom. The number of alkyl halides is 2. The number of ketones is 3. The molecule has 3 aliphatic heterocycles. The van der Waals surface area contributed by atoms with E-state index in [9.17, 15) is 23.6 Å². The summed E-state index contributed by atoms with van der Waals surface area (Å²) in [4.78, 5) is 57.7. The summed E-state index contributed by atoms with van der Waals surface area (Å²) in [6.45, 7) is 3.03. The minimum Gasteiger partial charge on any atom is -0.367 e. The summed E-state index contributed by atoms with van der Waals surface area (Å²) in [6, 6.07) is 5.56. The predicted molar refractivity (Wildman–Crippen MR) is 139 cm³/mol. The van der Waals surface area contributed by atoms with E-state index in [-0.39, 0.29) is 36.4 Å². The van der Waals surface area contributed by atoms with Crippen molar-refractivity contribution in [3.63, 3.8) is 0 Å². The zero-order valence-corrected chi connectivity index (χ0v) is 22.1. The highest BCUT2D eigenvalue weighted by atomic mass is 19.2. The van der Waals surface area contributed by atoms with Crippen molar-refractivity contribution in [3.8, 4) is 0 Å². The van der Waals surface area contributed by atoms with Crippen LogP contribution in [0.1, 0.15) is 52.8 Å². The Morgan fingerprint density at radius 1 is 0.925 bits per heavy atom. The lowest BCUT2D eigenvalue weighted by molar-refractivity contribution is -0.214. The molecule has 212 valence electrons. The Labute approximate surface area is 231 Å². The second kappa shape index (κ2) is 9.83. The fourth-order valence-corrected chi connectivity index (χ4v) is 8.05. The summed E-state index contributed by atoms with van der Waals surface area (Å²) in [6.07, 6.45) is -1.77. The van der Waals surface area contributed by atoms with E-state index < -0.39 is 66.1 Å². The molecule has 1 N–H and O–H groups in total. The van der Waals surface area contributed by atoms with Gasteiger partial charge in [-0.25, -0.2) is 8.78 Å². The molecule has 6 aliphatic rings. The normalized spacial score (nSPS) is 38.6. The third-order valence-electron chi connectivity index (χ3n) is 10.0. The molecule has 1 amide bonds. The molecule has 7 rings (SSSR count). The van der Waals surface area contributed by atoms with Crippen LogP contribution < -0.4 is 5.32 Å². The lowest BCUT2D eigenvalue weighted by atomic mass is 9.63. The monoisotopic (exact) mass is 553 g/mol. The molecule has 10 heteroatoms. The molecule has 2 saturated carbocycles. The van der Waals surface area contributed by atoms with Gasteiger partial charge >= 0.3 is 0 Å². The molecule has 8 nitrogen and oxygen atoms in total. The number of hydrogen-bond acceptors (Lipinski definition) is 7. The van der Waals surface area contributed by atoms with Crippen molar-refractivity contribution in [1.29, 1.82) is 0 Å². The summed E-state index contributed by atoms with van der Waals surface area (Å²) in [5.41, 5.74) is 0.733. The number of hydrogen-bond donors (Lipinski definition) is 1. The van der Waals surface area contributed by atoms with Crippen LogP contribution in [0.3, 0.4) is 0 Å². The smallest absolute Gasteiger partial charge is 0.256 e. The number of nitrogens with one attached hydrogen (secondary N) is 1. The SMILES string of the molecule is O=C(NCCN1CCCC1)C1=CN2C3CC4C(=O)c5ccccc5C(=O)C4CC3OC3C(F)C(F)CC(C1=O)C32. The standard InChI is InChI=1S/C30H33F2N3O5/c31-21-11-19-25-29(24(21)32)40-23-13-18-17(26(36)15-5-1-2-6-16(15)27(18)37)12-22(23)35(25)14-20(28(19)38)30(39)33-7-10-34-8-3-4-9-34/h1-2,5-6,14,17-19,21-25,29H,3-4,7-13H2,(H,33,39). The Bertz CT molecular complexity index is 1300. The van der Waals surface area contributed by atoms with Crippen molar-refractivity contribution in [1.82, 2.24) is 15.1 Å². The van der Waals surface area contributed by atoms with Crippen molar-refractivity contribution < 1.29 is 32.7 Å². The first-order chi connectivity index (χ1) is 19.3. The number of nitrogens with zero attached hydrogens (tertiary/aromatic N) is 2. The molecular formula is C30H33F2N3O5. The summed E-state index contributed by atoms with van der Waals surface area (Å²) >= 11 is 0. The van der Waals surface area contributed by atoms with Crippen LogP contribution in [0.25, 0.3) is 0 Å². The van der Waals surface area contributed by atoms with Crippen LogP contribution in [0.5, 0.6) is 0 Å². The van der Waals surface area contributed by atoms with E-state index in [1.165, 1.54) is 6.20 Å². The number of rotatable bonds is 4. The third-order valence-corrected chi connectivity index (χ3v) is 10.0. The maximum Gasteiger partial charge on any atom is 0.256 e. The van der Waals surface area contributed by atoms with Gasteiger partial charge in [-0.2, -0.15) is 0 Å². The third kappa shape index (κ3) is 3.97. The Balaban J connectivity index is 1.20. The number of fused-ring (bicyclic) bond motifs is 4. The Kier molecular flexibility index (Phi) is 6.38. The van der Waals surface area contributed by atoms with Crippen molar-refractivity contribution in [3.05, 3.63) is 47.2 Å². The maximum absolute atomic E-state index is 15.3.